The van der Waals surface area contributed by atoms with Crippen LogP contribution in [0.1, 0.15) is 74.4 Å². The van der Waals surface area contributed by atoms with Gasteiger partial charge in [0.05, 0.1) is 0 Å². The van der Waals surface area contributed by atoms with Gasteiger partial charge in [0.2, 0.25) is 0 Å². The van der Waals surface area contributed by atoms with E-state index >= 15 is 0 Å². The Kier molecular flexibility index (Phi) is 8.33. The molecule has 10 rings (SSSR count). The SMILES string of the molecule is C[SiH](C)[Zr]([Cl])([Cl])([CH]1C(c2cccs2)=Cc2c1cc1c(c2-c2ccccc2)CCC1)[CH]1C(c2cccs2)=Cc2c1cc1c(c2-c2ccccc2)CCC1. The van der Waals surface area contributed by atoms with Crippen LogP contribution >= 0.6 is 39.7 Å². The number of hydrogen-bond acceptors (Lipinski definition) is 2. The molecular weight excluding hydrogens is 807 g/mol. The summed E-state index contributed by atoms with van der Waals surface area (Å²) in [4.78, 5) is 2.63. The second-order valence-corrected chi connectivity index (χ2v) is 60.0. The van der Waals surface area contributed by atoms with E-state index in [1.54, 1.807) is 0 Å². The van der Waals surface area contributed by atoms with Crippen LogP contribution in [0.4, 0.5) is 0 Å². The summed E-state index contributed by atoms with van der Waals surface area (Å²) in [6.45, 7) is 4.99. The third kappa shape index (κ3) is 4.97. The van der Waals surface area contributed by atoms with E-state index in [0.29, 0.717) is 0 Å². The zero-order chi connectivity index (χ0) is 35.2. The van der Waals surface area contributed by atoms with E-state index in [1.165, 1.54) is 101 Å². The molecule has 4 aromatic carbocycles. The molecule has 0 amide bonds. The number of hydrogen-bond donors (Lipinski definition) is 0. The number of benzene rings is 4. The maximum atomic E-state index is 9.08. The Labute approximate surface area is 324 Å². The molecule has 259 valence electrons. The quantitative estimate of drug-likeness (QED) is 0.140. The van der Waals surface area contributed by atoms with Crippen molar-refractivity contribution in [2.75, 3.05) is 0 Å². The van der Waals surface area contributed by atoms with E-state index in [1.807, 2.05) is 22.7 Å². The van der Waals surface area contributed by atoms with Gasteiger partial charge < -0.3 is 0 Å². The molecule has 0 fully saturated rings. The van der Waals surface area contributed by atoms with E-state index in [-0.39, 0.29) is 7.25 Å². The number of fused-ring (bicyclic) bond motifs is 4. The van der Waals surface area contributed by atoms with E-state index in [0.717, 1.165) is 25.7 Å². The fourth-order valence-corrected chi connectivity index (χ4v) is 42.4. The molecule has 0 saturated heterocycles. The second-order valence-electron chi connectivity index (χ2n) is 15.6. The van der Waals surface area contributed by atoms with Crippen molar-refractivity contribution in [3.8, 4) is 22.3 Å². The third-order valence-corrected chi connectivity index (χ3v) is 66.1. The number of allylic oxidation sites excluding steroid dienone is 2. The van der Waals surface area contributed by atoms with Crippen molar-refractivity contribution in [2.24, 2.45) is 0 Å². The van der Waals surface area contributed by atoms with Crippen molar-refractivity contribution in [1.82, 2.24) is 0 Å². The number of aryl methyl sites for hydroxylation is 2. The predicted molar refractivity (Wildman–Crippen MR) is 228 cm³/mol. The molecule has 0 N–H and O–H groups in total. The first-order valence-corrected chi connectivity index (χ1v) is 37.0. The van der Waals surface area contributed by atoms with Gasteiger partial charge in [0.1, 0.15) is 0 Å². The van der Waals surface area contributed by atoms with Crippen LogP contribution in [0.2, 0.25) is 13.1 Å². The molecular formula is C46H41Cl2S2SiZr. The normalized spacial score (nSPS) is 19.5. The molecule has 2 atom stereocenters. The minimum atomic E-state index is -5.14. The molecule has 0 bridgehead atoms. The van der Waals surface area contributed by atoms with Gasteiger partial charge >= 0.3 is 328 Å². The van der Waals surface area contributed by atoms with Crippen molar-refractivity contribution in [2.45, 2.75) is 58.9 Å². The second kappa shape index (κ2) is 12.8. The molecule has 0 spiro atoms. The Hall–Kier alpha value is -2.56. The van der Waals surface area contributed by atoms with Crippen LogP contribution in [-0.2, 0) is 41.2 Å². The Morgan fingerprint density at radius 2 is 1.02 bits per heavy atom. The number of halogens is 2. The van der Waals surface area contributed by atoms with E-state index in [2.05, 4.69) is 133 Å². The van der Waals surface area contributed by atoms with Gasteiger partial charge in [-0.15, -0.1) is 0 Å². The van der Waals surface area contributed by atoms with E-state index in [9.17, 15) is 0 Å². The van der Waals surface area contributed by atoms with Crippen LogP contribution in [-0.4, -0.2) is 5.92 Å². The van der Waals surface area contributed by atoms with Gasteiger partial charge in [0.15, 0.2) is 0 Å². The molecule has 52 heavy (non-hydrogen) atoms. The van der Waals surface area contributed by atoms with Crippen molar-refractivity contribution < 1.29 is 15.6 Å². The molecule has 0 aliphatic heterocycles. The molecule has 2 aromatic heterocycles. The van der Waals surface area contributed by atoms with Gasteiger partial charge in [-0.3, -0.25) is 0 Å². The van der Waals surface area contributed by atoms with Gasteiger partial charge in [-0.2, -0.15) is 0 Å². The van der Waals surface area contributed by atoms with E-state index in [4.69, 9.17) is 17.0 Å². The Bertz CT molecular complexity index is 2260. The van der Waals surface area contributed by atoms with Gasteiger partial charge in [-0.1, -0.05) is 0 Å². The summed E-state index contributed by atoms with van der Waals surface area (Å²) in [7, 11) is 18.2. The summed E-state index contributed by atoms with van der Waals surface area (Å²) in [5.41, 5.74) is 19.8. The molecule has 6 heteroatoms. The van der Waals surface area contributed by atoms with Crippen LogP contribution in [0.25, 0.3) is 45.6 Å². The molecule has 4 aliphatic rings. The maximum absolute atomic E-state index is 9.08. The average Bonchev–Trinajstić information content (AvgIpc) is 4.00. The third-order valence-electron chi connectivity index (χ3n) is 12.7. The summed E-state index contributed by atoms with van der Waals surface area (Å²) >= 11 is -1.45. The average molecular weight is 848 g/mol. The van der Waals surface area contributed by atoms with Crippen molar-refractivity contribution in [3.05, 3.63) is 162 Å². The fraction of sp³-hybridized carbons (Fsp3) is 0.217. The van der Waals surface area contributed by atoms with Crippen molar-refractivity contribution >= 4 is 68.9 Å². The van der Waals surface area contributed by atoms with Crippen molar-refractivity contribution in [3.63, 3.8) is 0 Å². The summed E-state index contributed by atoms with van der Waals surface area (Å²) in [6, 6.07) is 36.5. The number of thiophene rings is 2. The van der Waals surface area contributed by atoms with Crippen molar-refractivity contribution in [1.29, 1.82) is 0 Å². The summed E-state index contributed by atoms with van der Waals surface area (Å²) in [5.74, 6) is -1.78. The molecule has 4 aliphatic carbocycles. The topological polar surface area (TPSA) is 0 Å². The first-order chi connectivity index (χ1) is 25.3. The monoisotopic (exact) mass is 845 g/mol. The van der Waals surface area contributed by atoms with Crippen LogP contribution in [0.15, 0.2) is 108 Å². The zero-order valence-corrected chi connectivity index (χ0v) is 36.4. The minimum absolute atomic E-state index is 0.00574. The van der Waals surface area contributed by atoms with Gasteiger partial charge in [0, 0.05) is 0 Å². The summed E-state index contributed by atoms with van der Waals surface area (Å²) < 4.78 is 0.0115. The van der Waals surface area contributed by atoms with Crippen LogP contribution in [0.3, 0.4) is 0 Å². The molecule has 6 aromatic rings. The standard InChI is InChI=1S/2C22H17S.C2H7Si.2ClH.Zr/c2*1-2-6-15(7-3-1)22-19-9-4-8-16(19)12-17-13-18(14-20(17)22)21-10-5-11-23-21;1-3-2;;;/h2*1-3,5-7,10-14H,4,8-9H2;3H,1-2H3;2*1H;/q;;;;;+2/p-2. The van der Waals surface area contributed by atoms with Gasteiger partial charge in [-0.05, 0) is 0 Å². The molecule has 0 saturated carbocycles. The van der Waals surface area contributed by atoms with Crippen LogP contribution in [0.5, 0.6) is 0 Å². The zero-order valence-electron chi connectivity index (χ0n) is 29.6. The molecule has 0 nitrogen and oxygen atoms in total. The fourth-order valence-electron chi connectivity index (χ4n) is 10.4. The van der Waals surface area contributed by atoms with Crippen LogP contribution < -0.4 is 0 Å². The predicted octanol–water partition coefficient (Wildman–Crippen LogP) is 14.0. The first-order valence-electron chi connectivity index (χ1n) is 18.9. The first kappa shape index (κ1) is 34.0. The number of rotatable bonds is 7. The Morgan fingerprint density at radius 3 is 1.40 bits per heavy atom. The van der Waals surface area contributed by atoms with E-state index < -0.39 is 21.5 Å². The summed E-state index contributed by atoms with van der Waals surface area (Å²) in [6.07, 6.45) is 12.0. The Balaban J connectivity index is 1.29. The molecule has 0 radical (unpaired) electrons. The van der Waals surface area contributed by atoms with Crippen LogP contribution in [0, 0.1) is 0 Å². The Morgan fingerprint density at radius 1 is 0.577 bits per heavy atom. The van der Waals surface area contributed by atoms with Gasteiger partial charge in [0.25, 0.3) is 0 Å². The molecule has 2 unspecified atom stereocenters. The summed E-state index contributed by atoms with van der Waals surface area (Å²) in [5, 5.41) is 4.45. The van der Waals surface area contributed by atoms with Gasteiger partial charge in [-0.25, -0.2) is 0 Å². The molecule has 2 heterocycles.